The Bertz CT molecular complexity index is 395. The summed E-state index contributed by atoms with van der Waals surface area (Å²) < 4.78 is 18.0. The van der Waals surface area contributed by atoms with Gasteiger partial charge in [0.1, 0.15) is 11.6 Å². The number of urea groups is 1. The van der Waals surface area contributed by atoms with Crippen molar-refractivity contribution in [1.29, 1.82) is 0 Å². The topological polar surface area (TPSA) is 50.4 Å². The fourth-order valence-corrected chi connectivity index (χ4v) is 1.62. The molecule has 0 bridgehead atoms. The molecule has 1 fully saturated rings. The summed E-state index contributed by atoms with van der Waals surface area (Å²) in [6.07, 6.45) is 0. The lowest BCUT2D eigenvalue weighted by Gasteiger charge is -2.13. The molecule has 2 amide bonds. The van der Waals surface area contributed by atoms with Crippen LogP contribution in [0.5, 0.6) is 5.75 Å². The third-order valence-electron chi connectivity index (χ3n) is 2.34. The second kappa shape index (κ2) is 3.76. The number of ether oxygens (including phenoxy) is 1. The summed E-state index contributed by atoms with van der Waals surface area (Å²) >= 11 is 0. The van der Waals surface area contributed by atoms with Gasteiger partial charge in [-0.3, -0.25) is 0 Å². The summed E-state index contributed by atoms with van der Waals surface area (Å²) in [6, 6.07) is 3.90. The minimum Gasteiger partial charge on any atom is -0.496 e. The van der Waals surface area contributed by atoms with Gasteiger partial charge in [0.2, 0.25) is 0 Å². The molecular weight excluding hydrogens is 199 g/mol. The van der Waals surface area contributed by atoms with E-state index in [4.69, 9.17) is 4.74 Å². The molecule has 1 atom stereocenters. The molecule has 1 aliphatic heterocycles. The Balaban J connectivity index is 2.31. The van der Waals surface area contributed by atoms with Gasteiger partial charge in [0, 0.05) is 18.2 Å². The lowest BCUT2D eigenvalue weighted by molar-refractivity contribution is 0.247. The number of methoxy groups -OCH3 is 1. The molecule has 0 aromatic heterocycles. The Morgan fingerprint density at radius 1 is 1.53 bits per heavy atom. The summed E-state index contributed by atoms with van der Waals surface area (Å²) in [5, 5.41) is 5.35. The van der Waals surface area contributed by atoms with Crippen LogP contribution < -0.4 is 15.4 Å². The van der Waals surface area contributed by atoms with Gasteiger partial charge in [0.25, 0.3) is 0 Å². The van der Waals surface area contributed by atoms with Crippen molar-refractivity contribution in [3.05, 3.63) is 29.6 Å². The standard InChI is InChI=1S/C10H11FN2O2/c1-15-9-4-6(11)2-3-7(9)8-5-12-10(14)13-8/h2-4,8H,5H2,1H3,(H2,12,13,14)/t8-/m1/s1. The number of amides is 2. The van der Waals surface area contributed by atoms with Crippen molar-refractivity contribution in [3.8, 4) is 5.75 Å². The molecule has 2 N–H and O–H groups in total. The van der Waals surface area contributed by atoms with E-state index >= 15 is 0 Å². The SMILES string of the molecule is COc1cc(F)ccc1[C@H]1CNC(=O)N1. The third-order valence-corrected chi connectivity index (χ3v) is 2.34. The molecule has 0 aliphatic carbocycles. The normalized spacial score (nSPS) is 19.6. The third kappa shape index (κ3) is 1.86. The summed E-state index contributed by atoms with van der Waals surface area (Å²) in [6.45, 7) is 0.487. The molecule has 15 heavy (non-hydrogen) atoms. The van der Waals surface area contributed by atoms with Crippen molar-refractivity contribution in [1.82, 2.24) is 10.6 Å². The number of hydrogen-bond acceptors (Lipinski definition) is 2. The van der Waals surface area contributed by atoms with Crippen LogP contribution in [0.15, 0.2) is 18.2 Å². The van der Waals surface area contributed by atoms with Crippen LogP contribution in [0.3, 0.4) is 0 Å². The number of carbonyl (C=O) groups excluding carboxylic acids is 1. The zero-order valence-corrected chi connectivity index (χ0v) is 8.21. The predicted molar refractivity (Wildman–Crippen MR) is 52.2 cm³/mol. The molecule has 1 aromatic rings. The number of benzene rings is 1. The number of halogens is 1. The first kappa shape index (κ1) is 9.76. The van der Waals surface area contributed by atoms with Crippen molar-refractivity contribution in [2.45, 2.75) is 6.04 Å². The fourth-order valence-electron chi connectivity index (χ4n) is 1.62. The van der Waals surface area contributed by atoms with E-state index in [0.29, 0.717) is 12.3 Å². The van der Waals surface area contributed by atoms with Gasteiger partial charge in [-0.1, -0.05) is 6.07 Å². The highest BCUT2D eigenvalue weighted by Crippen LogP contribution is 2.26. The molecule has 1 aliphatic rings. The van der Waals surface area contributed by atoms with Crippen LogP contribution in [0.2, 0.25) is 0 Å². The minimum absolute atomic E-state index is 0.159. The lowest BCUT2D eigenvalue weighted by Crippen LogP contribution is -2.21. The Morgan fingerprint density at radius 3 is 2.93 bits per heavy atom. The van der Waals surface area contributed by atoms with E-state index in [0.717, 1.165) is 5.56 Å². The zero-order valence-electron chi connectivity index (χ0n) is 8.21. The summed E-state index contributed by atoms with van der Waals surface area (Å²) in [4.78, 5) is 11.0. The van der Waals surface area contributed by atoms with E-state index in [1.807, 2.05) is 0 Å². The number of carbonyl (C=O) groups is 1. The van der Waals surface area contributed by atoms with Crippen molar-refractivity contribution in [3.63, 3.8) is 0 Å². The van der Waals surface area contributed by atoms with Crippen LogP contribution in [0.1, 0.15) is 11.6 Å². The Morgan fingerprint density at radius 2 is 2.33 bits per heavy atom. The maximum Gasteiger partial charge on any atom is 0.315 e. The number of nitrogens with one attached hydrogen (secondary N) is 2. The summed E-state index contributed by atoms with van der Waals surface area (Å²) in [7, 11) is 1.47. The van der Waals surface area contributed by atoms with E-state index in [2.05, 4.69) is 10.6 Å². The molecule has 0 saturated carbocycles. The van der Waals surface area contributed by atoms with Gasteiger partial charge < -0.3 is 15.4 Å². The number of hydrogen-bond donors (Lipinski definition) is 2. The molecule has 4 nitrogen and oxygen atoms in total. The second-order valence-electron chi connectivity index (χ2n) is 3.29. The van der Waals surface area contributed by atoms with Crippen LogP contribution >= 0.6 is 0 Å². The van der Waals surface area contributed by atoms with E-state index in [9.17, 15) is 9.18 Å². The van der Waals surface area contributed by atoms with Gasteiger partial charge in [0.15, 0.2) is 0 Å². The summed E-state index contributed by atoms with van der Waals surface area (Å²) in [5.41, 5.74) is 0.775. The van der Waals surface area contributed by atoms with Crippen LogP contribution in [-0.4, -0.2) is 19.7 Å². The van der Waals surface area contributed by atoms with Gasteiger partial charge in [-0.25, -0.2) is 9.18 Å². The Labute approximate surface area is 86.4 Å². The zero-order chi connectivity index (χ0) is 10.8. The molecule has 1 heterocycles. The van der Waals surface area contributed by atoms with E-state index in [-0.39, 0.29) is 17.9 Å². The monoisotopic (exact) mass is 210 g/mol. The van der Waals surface area contributed by atoms with Crippen LogP contribution in [0, 0.1) is 5.82 Å². The van der Waals surface area contributed by atoms with Crippen LogP contribution in [-0.2, 0) is 0 Å². The Hall–Kier alpha value is -1.78. The molecule has 5 heteroatoms. The largest absolute Gasteiger partial charge is 0.496 e. The molecule has 0 radical (unpaired) electrons. The van der Waals surface area contributed by atoms with Gasteiger partial charge >= 0.3 is 6.03 Å². The molecule has 1 aromatic carbocycles. The lowest BCUT2D eigenvalue weighted by atomic mass is 10.1. The van der Waals surface area contributed by atoms with E-state index in [1.54, 1.807) is 6.07 Å². The quantitative estimate of drug-likeness (QED) is 0.770. The first-order chi connectivity index (χ1) is 7.20. The van der Waals surface area contributed by atoms with Crippen molar-refractivity contribution in [2.24, 2.45) is 0 Å². The molecule has 2 rings (SSSR count). The van der Waals surface area contributed by atoms with E-state index in [1.165, 1.54) is 19.2 Å². The maximum atomic E-state index is 12.9. The molecule has 80 valence electrons. The van der Waals surface area contributed by atoms with Crippen molar-refractivity contribution in [2.75, 3.05) is 13.7 Å². The number of rotatable bonds is 2. The first-order valence-corrected chi connectivity index (χ1v) is 4.58. The highest BCUT2D eigenvalue weighted by atomic mass is 19.1. The van der Waals surface area contributed by atoms with Gasteiger partial charge in [-0.05, 0) is 6.07 Å². The van der Waals surface area contributed by atoms with Gasteiger partial charge in [0.05, 0.1) is 13.2 Å². The van der Waals surface area contributed by atoms with E-state index < -0.39 is 0 Å². The summed E-state index contributed by atoms with van der Waals surface area (Å²) in [5.74, 6) is 0.0943. The maximum absolute atomic E-state index is 12.9. The van der Waals surface area contributed by atoms with Gasteiger partial charge in [-0.2, -0.15) is 0 Å². The van der Waals surface area contributed by atoms with Gasteiger partial charge in [-0.15, -0.1) is 0 Å². The molecule has 0 spiro atoms. The average Bonchev–Trinajstić information content (AvgIpc) is 2.64. The van der Waals surface area contributed by atoms with Crippen molar-refractivity contribution < 1.29 is 13.9 Å². The average molecular weight is 210 g/mol. The molecule has 1 saturated heterocycles. The second-order valence-corrected chi connectivity index (χ2v) is 3.29. The highest BCUT2D eigenvalue weighted by molar-refractivity contribution is 5.77. The fraction of sp³-hybridized carbons (Fsp3) is 0.300. The predicted octanol–water partition coefficient (Wildman–Crippen LogP) is 1.19. The van der Waals surface area contributed by atoms with Crippen LogP contribution in [0.25, 0.3) is 0 Å². The smallest absolute Gasteiger partial charge is 0.315 e. The molecule has 0 unspecified atom stereocenters. The highest BCUT2D eigenvalue weighted by Gasteiger charge is 2.24. The van der Waals surface area contributed by atoms with Crippen molar-refractivity contribution >= 4 is 6.03 Å². The minimum atomic E-state index is -0.354. The van der Waals surface area contributed by atoms with Crippen LogP contribution in [0.4, 0.5) is 9.18 Å². The first-order valence-electron chi connectivity index (χ1n) is 4.58. The molecular formula is C10H11FN2O2. The Kier molecular flexibility index (Phi) is 2.45.